The van der Waals surface area contributed by atoms with Crippen molar-refractivity contribution in [3.05, 3.63) is 23.8 Å². The van der Waals surface area contributed by atoms with Crippen molar-refractivity contribution in [3.63, 3.8) is 0 Å². The molecule has 2 amide bonds. The first-order valence-corrected chi connectivity index (χ1v) is 8.07. The van der Waals surface area contributed by atoms with Crippen LogP contribution in [0, 0.1) is 5.92 Å². The van der Waals surface area contributed by atoms with Crippen molar-refractivity contribution in [1.82, 2.24) is 10.6 Å². The summed E-state index contributed by atoms with van der Waals surface area (Å²) < 4.78 is 10.6. The van der Waals surface area contributed by atoms with Gasteiger partial charge < -0.3 is 20.1 Å². The van der Waals surface area contributed by atoms with E-state index in [0.717, 1.165) is 37.0 Å². The van der Waals surface area contributed by atoms with Gasteiger partial charge in [-0.1, -0.05) is 18.9 Å². The zero-order chi connectivity index (χ0) is 16.2. The summed E-state index contributed by atoms with van der Waals surface area (Å²) in [7, 11) is 0. The predicted molar refractivity (Wildman–Crippen MR) is 84.0 cm³/mol. The summed E-state index contributed by atoms with van der Waals surface area (Å²) in [6, 6.07) is 5.16. The molecule has 1 aliphatic heterocycles. The summed E-state index contributed by atoms with van der Waals surface area (Å²) in [5.41, 5.74) is 0.940. The molecular weight excluding hydrogens is 296 g/mol. The maximum atomic E-state index is 12.5. The average molecular weight is 318 g/mol. The number of ether oxygens (including phenoxy) is 2. The number of carbonyl (C=O) groups excluding carboxylic acids is 2. The topological polar surface area (TPSA) is 76.7 Å². The second kappa shape index (κ2) is 6.89. The summed E-state index contributed by atoms with van der Waals surface area (Å²) in [4.78, 5) is 23.9. The van der Waals surface area contributed by atoms with Crippen LogP contribution in [0.2, 0.25) is 0 Å². The molecule has 0 spiro atoms. The normalized spacial score (nSPS) is 17.8. The minimum absolute atomic E-state index is 0.121. The van der Waals surface area contributed by atoms with Gasteiger partial charge in [0.05, 0.1) is 0 Å². The Hall–Kier alpha value is -2.24. The Kier molecular flexibility index (Phi) is 4.69. The lowest BCUT2D eigenvalue weighted by Gasteiger charge is -2.23. The first-order chi connectivity index (χ1) is 11.1. The Morgan fingerprint density at radius 3 is 2.70 bits per heavy atom. The van der Waals surface area contributed by atoms with Crippen LogP contribution in [0.25, 0.3) is 0 Å². The molecule has 2 N–H and O–H groups in total. The maximum absolute atomic E-state index is 12.5. The third-order valence-corrected chi connectivity index (χ3v) is 4.42. The maximum Gasteiger partial charge on any atom is 0.243 e. The second-order valence-electron chi connectivity index (χ2n) is 6.13. The van der Waals surface area contributed by atoms with Crippen LogP contribution in [0.1, 0.15) is 38.2 Å². The quantitative estimate of drug-likeness (QED) is 0.867. The molecule has 1 aliphatic carbocycles. The summed E-state index contributed by atoms with van der Waals surface area (Å²) in [5.74, 6) is 1.37. The Bertz CT molecular complexity index is 596. The Balaban J connectivity index is 1.60. The minimum Gasteiger partial charge on any atom is -0.454 e. The monoisotopic (exact) mass is 318 g/mol. The number of nitrogens with one attached hydrogen (secondary N) is 2. The van der Waals surface area contributed by atoms with Crippen LogP contribution in [0.3, 0.4) is 0 Å². The lowest BCUT2D eigenvalue weighted by Crippen LogP contribution is -2.49. The van der Waals surface area contributed by atoms with Gasteiger partial charge in [-0.15, -0.1) is 0 Å². The van der Waals surface area contributed by atoms with Crippen LogP contribution in [-0.2, 0) is 16.1 Å². The lowest BCUT2D eigenvalue weighted by atomic mass is 9.97. The van der Waals surface area contributed by atoms with Crippen molar-refractivity contribution in [2.24, 2.45) is 5.92 Å². The lowest BCUT2D eigenvalue weighted by molar-refractivity contribution is -0.129. The molecule has 0 saturated heterocycles. The zero-order valence-corrected chi connectivity index (χ0v) is 13.3. The van der Waals surface area contributed by atoms with E-state index in [1.165, 1.54) is 6.92 Å². The highest BCUT2D eigenvalue weighted by Gasteiger charge is 2.31. The van der Waals surface area contributed by atoms with E-state index in [9.17, 15) is 9.59 Å². The first kappa shape index (κ1) is 15.6. The van der Waals surface area contributed by atoms with Crippen LogP contribution in [0.5, 0.6) is 11.5 Å². The van der Waals surface area contributed by atoms with E-state index in [-0.39, 0.29) is 24.5 Å². The molecular formula is C17H22N2O4. The van der Waals surface area contributed by atoms with Gasteiger partial charge in [0.2, 0.25) is 18.6 Å². The number of amides is 2. The van der Waals surface area contributed by atoms with Gasteiger partial charge >= 0.3 is 0 Å². The molecule has 0 unspecified atom stereocenters. The zero-order valence-electron chi connectivity index (χ0n) is 13.3. The molecule has 1 atom stereocenters. The molecule has 1 heterocycles. The van der Waals surface area contributed by atoms with Crippen molar-refractivity contribution in [3.8, 4) is 11.5 Å². The number of hydrogen-bond acceptors (Lipinski definition) is 4. The average Bonchev–Trinajstić information content (AvgIpc) is 3.20. The third kappa shape index (κ3) is 3.75. The number of carbonyl (C=O) groups is 2. The fourth-order valence-corrected chi connectivity index (χ4v) is 3.26. The van der Waals surface area contributed by atoms with E-state index in [1.54, 1.807) is 0 Å². The second-order valence-corrected chi connectivity index (χ2v) is 6.13. The number of benzene rings is 1. The molecule has 3 rings (SSSR count). The summed E-state index contributed by atoms with van der Waals surface area (Å²) in [5, 5.41) is 5.73. The van der Waals surface area contributed by atoms with Crippen molar-refractivity contribution < 1.29 is 19.1 Å². The molecule has 0 aromatic heterocycles. The third-order valence-electron chi connectivity index (χ3n) is 4.42. The minimum atomic E-state index is -0.441. The Morgan fingerprint density at radius 1 is 1.22 bits per heavy atom. The molecule has 1 saturated carbocycles. The molecule has 0 bridgehead atoms. The van der Waals surface area contributed by atoms with Gasteiger partial charge in [-0.25, -0.2) is 0 Å². The predicted octanol–water partition coefficient (Wildman–Crippen LogP) is 1.73. The van der Waals surface area contributed by atoms with E-state index in [0.29, 0.717) is 12.3 Å². The first-order valence-electron chi connectivity index (χ1n) is 8.07. The van der Waals surface area contributed by atoms with Crippen molar-refractivity contribution in [2.75, 3.05) is 6.79 Å². The summed E-state index contributed by atoms with van der Waals surface area (Å²) in [6.07, 6.45) is 4.22. The SMILES string of the molecule is CC(=O)N[C@@H](C(=O)NCc1ccc2c(c1)OCO2)C1CCCC1. The number of fused-ring (bicyclic) bond motifs is 1. The molecule has 6 heteroatoms. The molecule has 2 aliphatic rings. The molecule has 124 valence electrons. The number of hydrogen-bond donors (Lipinski definition) is 2. The van der Waals surface area contributed by atoms with Gasteiger partial charge in [0.1, 0.15) is 6.04 Å². The van der Waals surface area contributed by atoms with Crippen molar-refractivity contribution >= 4 is 11.8 Å². The summed E-state index contributed by atoms with van der Waals surface area (Å²) in [6.45, 7) is 2.09. The van der Waals surface area contributed by atoms with E-state index in [2.05, 4.69) is 10.6 Å². The molecule has 1 fully saturated rings. The highest BCUT2D eigenvalue weighted by molar-refractivity contribution is 5.87. The fraction of sp³-hybridized carbons (Fsp3) is 0.529. The molecule has 23 heavy (non-hydrogen) atoms. The van der Waals surface area contributed by atoms with Gasteiger partial charge in [-0.3, -0.25) is 9.59 Å². The molecule has 6 nitrogen and oxygen atoms in total. The van der Waals surface area contributed by atoms with Crippen molar-refractivity contribution in [1.29, 1.82) is 0 Å². The highest BCUT2D eigenvalue weighted by Crippen LogP contribution is 2.32. The molecule has 0 radical (unpaired) electrons. The Morgan fingerprint density at radius 2 is 1.96 bits per heavy atom. The summed E-state index contributed by atoms with van der Waals surface area (Å²) >= 11 is 0. The largest absolute Gasteiger partial charge is 0.454 e. The van der Waals surface area contributed by atoms with E-state index >= 15 is 0 Å². The van der Waals surface area contributed by atoms with Crippen LogP contribution in [0.15, 0.2) is 18.2 Å². The molecule has 1 aromatic carbocycles. The van der Waals surface area contributed by atoms with Crippen LogP contribution < -0.4 is 20.1 Å². The van der Waals surface area contributed by atoms with Crippen molar-refractivity contribution in [2.45, 2.75) is 45.2 Å². The molecule has 1 aromatic rings. The van der Waals surface area contributed by atoms with Gasteiger partial charge in [0.15, 0.2) is 11.5 Å². The van der Waals surface area contributed by atoms with Gasteiger partial charge in [-0.2, -0.15) is 0 Å². The Labute approximate surface area is 135 Å². The number of rotatable bonds is 5. The van der Waals surface area contributed by atoms with Crippen LogP contribution in [-0.4, -0.2) is 24.6 Å². The van der Waals surface area contributed by atoms with Crippen LogP contribution >= 0.6 is 0 Å². The van der Waals surface area contributed by atoms with E-state index in [4.69, 9.17) is 9.47 Å². The smallest absolute Gasteiger partial charge is 0.243 e. The van der Waals surface area contributed by atoms with Gasteiger partial charge in [0, 0.05) is 13.5 Å². The fourth-order valence-electron chi connectivity index (χ4n) is 3.26. The highest BCUT2D eigenvalue weighted by atomic mass is 16.7. The standard InChI is InChI=1S/C17H22N2O4/c1-11(20)19-16(13-4-2-3-5-13)17(21)18-9-12-6-7-14-15(8-12)23-10-22-14/h6-8,13,16H,2-5,9-10H2,1H3,(H,18,21)(H,19,20)/t16-/m1/s1. The van der Waals surface area contributed by atoms with E-state index < -0.39 is 6.04 Å². The van der Waals surface area contributed by atoms with Crippen LogP contribution in [0.4, 0.5) is 0 Å². The van der Waals surface area contributed by atoms with E-state index in [1.807, 2.05) is 18.2 Å². The van der Waals surface area contributed by atoms with Gasteiger partial charge in [-0.05, 0) is 36.5 Å². The van der Waals surface area contributed by atoms with Gasteiger partial charge in [0.25, 0.3) is 0 Å².